The Balaban J connectivity index is 1.85. The van der Waals surface area contributed by atoms with E-state index in [1.807, 2.05) is 0 Å². The Morgan fingerprint density at radius 2 is 2.06 bits per heavy atom. The first-order chi connectivity index (χ1) is 8.38. The van der Waals surface area contributed by atoms with Crippen molar-refractivity contribution in [1.82, 2.24) is 4.90 Å². The molecule has 3 saturated heterocycles. The fraction of sp³-hybridized carbons (Fsp3) is 0.533. The molecule has 0 aromatic heterocycles. The van der Waals surface area contributed by atoms with E-state index in [0.717, 1.165) is 18.9 Å². The first-order valence-corrected chi connectivity index (χ1v) is 6.52. The molecule has 1 aromatic carbocycles. The number of hydrogen-bond acceptors (Lipinski definition) is 2. The molecule has 0 saturated carbocycles. The van der Waals surface area contributed by atoms with Crippen molar-refractivity contribution in [2.24, 2.45) is 11.8 Å². The predicted octanol–water partition coefficient (Wildman–Crippen LogP) is 2.64. The molecule has 88 valence electrons. The average Bonchev–Trinajstić information content (AvgIpc) is 2.41. The SMILES string of the molecule is N#CC[C@@H]1CN2CC[C@H]1[C@@H](c1ccccc1)C2. The van der Waals surface area contributed by atoms with Crippen LogP contribution in [0.15, 0.2) is 30.3 Å². The Kier molecular flexibility index (Phi) is 2.86. The van der Waals surface area contributed by atoms with Gasteiger partial charge in [0.25, 0.3) is 0 Å². The van der Waals surface area contributed by atoms with E-state index in [-0.39, 0.29) is 0 Å². The van der Waals surface area contributed by atoms with Crippen molar-refractivity contribution in [2.45, 2.75) is 18.8 Å². The summed E-state index contributed by atoms with van der Waals surface area (Å²) < 4.78 is 0. The first kappa shape index (κ1) is 10.8. The lowest BCUT2D eigenvalue weighted by Gasteiger charge is -2.49. The molecule has 3 fully saturated rings. The predicted molar refractivity (Wildman–Crippen MR) is 67.5 cm³/mol. The van der Waals surface area contributed by atoms with Gasteiger partial charge in [-0.05, 0) is 36.3 Å². The molecule has 4 atom stereocenters. The fourth-order valence-electron chi connectivity index (χ4n) is 3.62. The van der Waals surface area contributed by atoms with E-state index in [2.05, 4.69) is 41.3 Å². The topological polar surface area (TPSA) is 27.0 Å². The maximum absolute atomic E-state index is 8.93. The van der Waals surface area contributed by atoms with Crippen molar-refractivity contribution in [3.63, 3.8) is 0 Å². The van der Waals surface area contributed by atoms with Crippen molar-refractivity contribution >= 4 is 0 Å². The zero-order chi connectivity index (χ0) is 11.7. The van der Waals surface area contributed by atoms with Gasteiger partial charge < -0.3 is 4.90 Å². The molecule has 0 N–H and O–H groups in total. The molecule has 1 unspecified atom stereocenters. The summed E-state index contributed by atoms with van der Waals surface area (Å²) in [7, 11) is 0. The zero-order valence-electron chi connectivity index (χ0n) is 10.0. The molecule has 0 radical (unpaired) electrons. The number of hydrogen-bond donors (Lipinski definition) is 0. The summed E-state index contributed by atoms with van der Waals surface area (Å²) >= 11 is 0. The molecular formula is C15H18N2. The lowest BCUT2D eigenvalue weighted by Crippen LogP contribution is -2.51. The van der Waals surface area contributed by atoms with Crippen LogP contribution in [0.2, 0.25) is 0 Å². The number of piperidine rings is 3. The Hall–Kier alpha value is -1.33. The van der Waals surface area contributed by atoms with Crippen LogP contribution in [0, 0.1) is 23.2 Å². The van der Waals surface area contributed by atoms with Crippen LogP contribution in [0.3, 0.4) is 0 Å². The van der Waals surface area contributed by atoms with Crippen LogP contribution >= 0.6 is 0 Å². The van der Waals surface area contributed by atoms with Gasteiger partial charge in [-0.3, -0.25) is 0 Å². The lowest BCUT2D eigenvalue weighted by atomic mass is 9.69. The first-order valence-electron chi connectivity index (χ1n) is 6.52. The average molecular weight is 226 g/mol. The Labute approximate surface area is 103 Å². The third kappa shape index (κ3) is 1.96. The highest BCUT2D eigenvalue weighted by Crippen LogP contribution is 2.43. The van der Waals surface area contributed by atoms with E-state index < -0.39 is 0 Å². The summed E-state index contributed by atoms with van der Waals surface area (Å²) in [6, 6.07) is 13.2. The molecular weight excluding hydrogens is 208 g/mol. The van der Waals surface area contributed by atoms with Crippen molar-refractivity contribution in [2.75, 3.05) is 19.6 Å². The van der Waals surface area contributed by atoms with Crippen molar-refractivity contribution in [1.29, 1.82) is 5.26 Å². The molecule has 2 heteroatoms. The molecule has 2 nitrogen and oxygen atoms in total. The smallest absolute Gasteiger partial charge is 0.0625 e. The van der Waals surface area contributed by atoms with E-state index >= 15 is 0 Å². The molecule has 3 heterocycles. The van der Waals surface area contributed by atoms with Gasteiger partial charge in [-0.1, -0.05) is 30.3 Å². The molecule has 1 aromatic rings. The third-order valence-corrected chi connectivity index (χ3v) is 4.43. The lowest BCUT2D eigenvalue weighted by molar-refractivity contribution is 0.0320. The van der Waals surface area contributed by atoms with Crippen molar-refractivity contribution in [3.8, 4) is 6.07 Å². The molecule has 0 amide bonds. The Morgan fingerprint density at radius 3 is 2.76 bits per heavy atom. The van der Waals surface area contributed by atoms with Crippen LogP contribution in [0.1, 0.15) is 24.3 Å². The minimum Gasteiger partial charge on any atom is -0.302 e. The van der Waals surface area contributed by atoms with E-state index in [0.29, 0.717) is 11.8 Å². The van der Waals surface area contributed by atoms with Crippen LogP contribution in [-0.4, -0.2) is 24.5 Å². The summed E-state index contributed by atoms with van der Waals surface area (Å²) in [5.41, 5.74) is 1.46. The van der Waals surface area contributed by atoms with E-state index in [4.69, 9.17) is 5.26 Å². The second-order valence-electron chi connectivity index (χ2n) is 5.35. The van der Waals surface area contributed by atoms with E-state index in [1.165, 1.54) is 25.1 Å². The number of nitriles is 1. The van der Waals surface area contributed by atoms with E-state index in [1.54, 1.807) is 0 Å². The monoisotopic (exact) mass is 226 g/mol. The minimum absolute atomic E-state index is 0.590. The zero-order valence-corrected chi connectivity index (χ0v) is 10.0. The standard InChI is InChI=1S/C15H18N2/c16-8-6-13-10-17-9-7-14(13)15(11-17)12-4-2-1-3-5-12/h1-5,13-15H,6-7,9-11H2/t13-,14-,15-/m1/s1. The molecule has 2 bridgehead atoms. The maximum Gasteiger partial charge on any atom is 0.0625 e. The van der Waals surface area contributed by atoms with Gasteiger partial charge in [0, 0.05) is 19.5 Å². The van der Waals surface area contributed by atoms with Gasteiger partial charge in [0.05, 0.1) is 6.07 Å². The van der Waals surface area contributed by atoms with E-state index in [9.17, 15) is 0 Å². The number of nitrogens with zero attached hydrogens (tertiary/aromatic N) is 2. The summed E-state index contributed by atoms with van der Waals surface area (Å²) in [6.07, 6.45) is 2.00. The summed E-state index contributed by atoms with van der Waals surface area (Å²) in [6.45, 7) is 3.56. The number of rotatable bonds is 2. The second-order valence-corrected chi connectivity index (χ2v) is 5.35. The molecule has 3 aliphatic rings. The summed E-state index contributed by atoms with van der Waals surface area (Å²) in [4.78, 5) is 2.54. The van der Waals surface area contributed by atoms with Gasteiger partial charge in [0.15, 0.2) is 0 Å². The van der Waals surface area contributed by atoms with Crippen LogP contribution in [0.5, 0.6) is 0 Å². The van der Waals surface area contributed by atoms with Gasteiger partial charge in [-0.2, -0.15) is 5.26 Å². The highest BCUT2D eigenvalue weighted by molar-refractivity contribution is 5.23. The van der Waals surface area contributed by atoms with Crippen LogP contribution in [0.4, 0.5) is 0 Å². The molecule has 0 spiro atoms. The maximum atomic E-state index is 8.93. The Bertz CT molecular complexity index is 420. The van der Waals surface area contributed by atoms with Gasteiger partial charge in [0.2, 0.25) is 0 Å². The second kappa shape index (κ2) is 4.50. The minimum atomic E-state index is 0.590. The quantitative estimate of drug-likeness (QED) is 0.775. The summed E-state index contributed by atoms with van der Waals surface area (Å²) in [5, 5.41) is 8.93. The summed E-state index contributed by atoms with van der Waals surface area (Å²) in [5.74, 6) is 1.96. The number of benzene rings is 1. The number of fused-ring (bicyclic) bond motifs is 3. The van der Waals surface area contributed by atoms with Crippen LogP contribution < -0.4 is 0 Å². The van der Waals surface area contributed by atoms with Gasteiger partial charge >= 0.3 is 0 Å². The van der Waals surface area contributed by atoms with Gasteiger partial charge in [-0.15, -0.1) is 0 Å². The molecule has 3 aliphatic heterocycles. The highest BCUT2D eigenvalue weighted by atomic mass is 15.2. The molecule has 4 rings (SSSR count). The fourth-order valence-corrected chi connectivity index (χ4v) is 3.62. The Morgan fingerprint density at radius 1 is 1.24 bits per heavy atom. The van der Waals surface area contributed by atoms with Gasteiger partial charge in [-0.25, -0.2) is 0 Å². The normalized spacial score (nSPS) is 35.5. The largest absolute Gasteiger partial charge is 0.302 e. The highest BCUT2D eigenvalue weighted by Gasteiger charge is 2.41. The van der Waals surface area contributed by atoms with Crippen molar-refractivity contribution in [3.05, 3.63) is 35.9 Å². The van der Waals surface area contributed by atoms with Crippen LogP contribution in [-0.2, 0) is 0 Å². The molecule has 17 heavy (non-hydrogen) atoms. The van der Waals surface area contributed by atoms with Gasteiger partial charge in [0.1, 0.15) is 0 Å². The third-order valence-electron chi connectivity index (χ3n) is 4.43. The molecule has 0 aliphatic carbocycles. The van der Waals surface area contributed by atoms with Crippen molar-refractivity contribution < 1.29 is 0 Å². The van der Waals surface area contributed by atoms with Crippen LogP contribution in [0.25, 0.3) is 0 Å².